The van der Waals surface area contributed by atoms with Gasteiger partial charge >= 0.3 is 0 Å². The Kier molecular flexibility index (Phi) is 6.32. The van der Waals surface area contributed by atoms with E-state index in [0.29, 0.717) is 6.07 Å². The molecule has 0 radical (unpaired) electrons. The molecule has 1 fully saturated rings. The van der Waals surface area contributed by atoms with E-state index in [2.05, 4.69) is 0 Å². The van der Waals surface area contributed by atoms with Crippen LogP contribution in [-0.2, 0) is 27.3 Å². The lowest BCUT2D eigenvalue weighted by Gasteiger charge is -2.50. The Bertz CT molecular complexity index is 1580. The van der Waals surface area contributed by atoms with Crippen LogP contribution in [0.2, 0.25) is 0 Å². The molecule has 0 aliphatic heterocycles. The number of hydrogen-bond acceptors (Lipinski definition) is 9. The lowest BCUT2D eigenvalue weighted by Crippen LogP contribution is -2.65. The number of carbonyl (C=O) groups is 3. The van der Waals surface area contributed by atoms with Gasteiger partial charge in [-0.3, -0.25) is 19.3 Å². The van der Waals surface area contributed by atoms with Crippen molar-refractivity contribution < 1.29 is 43.6 Å². The Labute approximate surface area is 226 Å². The molecule has 4 atom stereocenters. The van der Waals surface area contributed by atoms with E-state index in [9.17, 15) is 43.6 Å². The third kappa shape index (κ3) is 3.60. The number of aliphatic hydroxyl groups is 3. The maximum Gasteiger partial charge on any atom is 0.255 e. The highest BCUT2D eigenvalue weighted by Crippen LogP contribution is 2.54. The highest BCUT2D eigenvalue weighted by atomic mass is 19.1. The zero-order valence-electron chi connectivity index (χ0n) is 21.5. The monoisotopic (exact) mass is 555 g/mol. The van der Waals surface area contributed by atoms with Crippen LogP contribution in [0.15, 0.2) is 41.2 Å². The topological polar surface area (TPSA) is 187 Å². The van der Waals surface area contributed by atoms with Gasteiger partial charge in [0.15, 0.2) is 11.4 Å². The number of nitrogens with zero attached hydrogens (tertiary/aromatic N) is 1. The highest BCUT2D eigenvalue weighted by molar-refractivity contribution is 6.24. The molecule has 10 nitrogen and oxygen atoms in total. The van der Waals surface area contributed by atoms with Crippen molar-refractivity contribution >= 4 is 23.2 Å². The molecule has 0 spiro atoms. The molecule has 0 unspecified atom stereocenters. The van der Waals surface area contributed by atoms with E-state index in [1.807, 2.05) is 0 Å². The number of halogens is 2. The standard InChI is InChI=1S/C28H27F2N3O7/c1-33(2)21-16-7-10-5-15-14(13-4-3-12(29)8-17(13)30)6-11(9-31)22(34)19(15)23(35)18(10)25(37)28(16,40)26(38)20(24(21)36)27(32)39/h3-4,6,8,10,16,21,34-35,38,40H,5,7,9,31H2,1-2H3,(H2,32,39)/t10-,16-,21-,28-/m0/s1. The van der Waals surface area contributed by atoms with Crippen LogP contribution in [0.4, 0.5) is 8.78 Å². The molecule has 1 amide bonds. The zero-order valence-corrected chi connectivity index (χ0v) is 21.5. The summed E-state index contributed by atoms with van der Waals surface area (Å²) in [5.41, 5.74) is 7.35. The van der Waals surface area contributed by atoms with Gasteiger partial charge in [0.1, 0.15) is 34.5 Å². The molecule has 3 aliphatic carbocycles. The summed E-state index contributed by atoms with van der Waals surface area (Å²) < 4.78 is 28.6. The SMILES string of the molecule is CN(C)[C@@H]1C(=O)C(C(N)=O)=C(O)[C@@]2(O)C(=O)C3=C(O)c4c(O)c(CN)cc(-c5ccc(F)cc5F)c4C[C@H]3C[C@@H]12. The average molecular weight is 556 g/mol. The number of nitrogens with two attached hydrogens (primary N) is 2. The number of likely N-dealkylation sites (N-methyl/N-ethyl adjacent to an activating group) is 1. The molecule has 2 aromatic carbocycles. The predicted molar refractivity (Wildman–Crippen MR) is 137 cm³/mol. The summed E-state index contributed by atoms with van der Waals surface area (Å²) in [7, 11) is 2.99. The first kappa shape index (κ1) is 27.4. The molecule has 5 rings (SSSR count). The first-order valence-electron chi connectivity index (χ1n) is 12.4. The predicted octanol–water partition coefficient (Wildman–Crippen LogP) is 1.37. The second kappa shape index (κ2) is 9.22. The van der Waals surface area contributed by atoms with E-state index < -0.39 is 75.4 Å². The summed E-state index contributed by atoms with van der Waals surface area (Å²) in [5, 5.41) is 45.1. The minimum absolute atomic E-state index is 0.0343. The normalized spacial score (nSPS) is 26.1. The number of Topliss-reactive ketones (excluding diaryl/α,β-unsaturated/α-hetero) is 2. The van der Waals surface area contributed by atoms with Gasteiger partial charge in [0.25, 0.3) is 5.91 Å². The molecule has 8 N–H and O–H groups in total. The van der Waals surface area contributed by atoms with Crippen LogP contribution >= 0.6 is 0 Å². The highest BCUT2D eigenvalue weighted by Gasteiger charge is 2.64. The smallest absolute Gasteiger partial charge is 0.255 e. The Morgan fingerprint density at radius 2 is 1.80 bits per heavy atom. The summed E-state index contributed by atoms with van der Waals surface area (Å²) in [4.78, 5) is 40.6. The van der Waals surface area contributed by atoms with Crippen LogP contribution in [0.3, 0.4) is 0 Å². The van der Waals surface area contributed by atoms with E-state index in [4.69, 9.17) is 11.5 Å². The van der Waals surface area contributed by atoms with Crippen LogP contribution in [0, 0.1) is 23.5 Å². The van der Waals surface area contributed by atoms with Crippen LogP contribution < -0.4 is 11.5 Å². The van der Waals surface area contributed by atoms with Crippen LogP contribution in [0.25, 0.3) is 16.9 Å². The van der Waals surface area contributed by atoms with Crippen molar-refractivity contribution in [2.24, 2.45) is 23.3 Å². The minimum Gasteiger partial charge on any atom is -0.508 e. The molecule has 1 saturated carbocycles. The van der Waals surface area contributed by atoms with E-state index in [-0.39, 0.29) is 52.8 Å². The van der Waals surface area contributed by atoms with Gasteiger partial charge in [-0.15, -0.1) is 0 Å². The Morgan fingerprint density at radius 1 is 1.12 bits per heavy atom. The molecule has 0 aromatic heterocycles. The van der Waals surface area contributed by atoms with Crippen LogP contribution in [-0.4, -0.2) is 68.5 Å². The largest absolute Gasteiger partial charge is 0.508 e. The van der Waals surface area contributed by atoms with Crippen molar-refractivity contribution in [3.8, 4) is 16.9 Å². The van der Waals surface area contributed by atoms with Crippen molar-refractivity contribution in [3.05, 3.63) is 69.5 Å². The van der Waals surface area contributed by atoms with Crippen molar-refractivity contribution in [2.75, 3.05) is 14.1 Å². The summed E-state index contributed by atoms with van der Waals surface area (Å²) in [6.45, 7) is -0.237. The Balaban J connectivity index is 1.79. The summed E-state index contributed by atoms with van der Waals surface area (Å²) in [6.07, 6.45) is -0.185. The number of aromatic hydroxyl groups is 1. The number of benzene rings is 2. The van der Waals surface area contributed by atoms with Crippen molar-refractivity contribution in [1.82, 2.24) is 4.90 Å². The quantitative estimate of drug-likeness (QED) is 0.303. The third-order valence-electron chi connectivity index (χ3n) is 8.24. The van der Waals surface area contributed by atoms with Gasteiger partial charge in [-0.1, -0.05) is 0 Å². The fraction of sp³-hybridized carbons (Fsp3) is 0.321. The second-order valence-corrected chi connectivity index (χ2v) is 10.6. The average Bonchev–Trinajstić information content (AvgIpc) is 2.86. The zero-order chi connectivity index (χ0) is 29.4. The second-order valence-electron chi connectivity index (χ2n) is 10.6. The number of aliphatic hydroxyl groups excluding tert-OH is 2. The lowest BCUT2D eigenvalue weighted by atomic mass is 9.57. The maximum absolute atomic E-state index is 14.9. The van der Waals surface area contributed by atoms with Gasteiger partial charge in [-0.2, -0.15) is 0 Å². The number of phenolic OH excluding ortho intramolecular Hbond substituents is 1. The molecule has 40 heavy (non-hydrogen) atoms. The molecule has 0 bridgehead atoms. The molecule has 210 valence electrons. The van der Waals surface area contributed by atoms with Gasteiger partial charge in [0.2, 0.25) is 5.78 Å². The minimum atomic E-state index is -2.78. The summed E-state index contributed by atoms with van der Waals surface area (Å²) in [6, 6.07) is 3.12. The van der Waals surface area contributed by atoms with E-state index in [0.717, 1.165) is 6.07 Å². The first-order chi connectivity index (χ1) is 18.7. The lowest BCUT2D eigenvalue weighted by molar-refractivity contribution is -0.153. The number of rotatable bonds is 4. The molecule has 2 aromatic rings. The molecule has 3 aliphatic rings. The maximum atomic E-state index is 14.9. The van der Waals surface area contributed by atoms with Gasteiger partial charge in [-0.25, -0.2) is 8.78 Å². The molecule has 0 saturated heterocycles. The summed E-state index contributed by atoms with van der Waals surface area (Å²) >= 11 is 0. The number of fused-ring (bicyclic) bond motifs is 3. The number of ketones is 2. The van der Waals surface area contributed by atoms with E-state index >= 15 is 0 Å². The fourth-order valence-electron chi connectivity index (χ4n) is 6.47. The molecule has 0 heterocycles. The van der Waals surface area contributed by atoms with Crippen molar-refractivity contribution in [1.29, 1.82) is 0 Å². The summed E-state index contributed by atoms with van der Waals surface area (Å²) in [5.74, 6) is -9.59. The Hall–Kier alpha value is -4.13. The van der Waals surface area contributed by atoms with Gasteiger partial charge < -0.3 is 31.9 Å². The number of carbonyl (C=O) groups excluding carboxylic acids is 3. The van der Waals surface area contributed by atoms with Gasteiger partial charge in [0.05, 0.1) is 11.6 Å². The number of amides is 1. The molecular formula is C28H27F2N3O7. The molecular weight excluding hydrogens is 528 g/mol. The van der Waals surface area contributed by atoms with Crippen LogP contribution in [0.1, 0.15) is 23.1 Å². The number of phenols is 1. The van der Waals surface area contributed by atoms with Gasteiger partial charge in [0, 0.05) is 35.2 Å². The van der Waals surface area contributed by atoms with Crippen molar-refractivity contribution in [2.45, 2.75) is 31.0 Å². The first-order valence-corrected chi connectivity index (χ1v) is 12.4. The fourth-order valence-corrected chi connectivity index (χ4v) is 6.47. The number of primary amides is 1. The van der Waals surface area contributed by atoms with E-state index in [1.54, 1.807) is 0 Å². The van der Waals surface area contributed by atoms with E-state index in [1.165, 1.54) is 31.1 Å². The Morgan fingerprint density at radius 3 is 2.38 bits per heavy atom. The molecule has 12 heteroatoms. The number of hydrogen-bond donors (Lipinski definition) is 6. The van der Waals surface area contributed by atoms with Crippen LogP contribution in [0.5, 0.6) is 5.75 Å². The van der Waals surface area contributed by atoms with Gasteiger partial charge in [-0.05, 0) is 62.2 Å². The third-order valence-corrected chi connectivity index (χ3v) is 8.24. The van der Waals surface area contributed by atoms with Crippen molar-refractivity contribution in [3.63, 3.8) is 0 Å².